The van der Waals surface area contributed by atoms with Crippen molar-refractivity contribution >= 4 is 35.6 Å². The van der Waals surface area contributed by atoms with Crippen LogP contribution in [0.5, 0.6) is 5.75 Å². The summed E-state index contributed by atoms with van der Waals surface area (Å²) in [7, 11) is 0. The standard InChI is InChI=1S/C19H21Cl2NO2.ClH/c20-19(21)10-16(19)11-22-12-17(23)13-24-18-8-6-15(7-9-18)14-4-2-1-3-5-14;/h1-9,16-17,22-23H,10-13H2;1H. The van der Waals surface area contributed by atoms with Gasteiger partial charge in [-0.25, -0.2) is 0 Å². The highest BCUT2D eigenvalue weighted by Crippen LogP contribution is 2.52. The fourth-order valence-electron chi connectivity index (χ4n) is 2.54. The summed E-state index contributed by atoms with van der Waals surface area (Å²) < 4.78 is 5.06. The Bertz CT molecular complexity index is 649. The lowest BCUT2D eigenvalue weighted by molar-refractivity contribution is 0.106. The molecule has 1 aliphatic rings. The van der Waals surface area contributed by atoms with Gasteiger partial charge in [-0.2, -0.15) is 0 Å². The van der Waals surface area contributed by atoms with Gasteiger partial charge in [0.1, 0.15) is 22.8 Å². The van der Waals surface area contributed by atoms with Crippen molar-refractivity contribution in [2.24, 2.45) is 5.92 Å². The molecule has 1 aliphatic carbocycles. The Kier molecular flexibility index (Phi) is 7.41. The number of halogens is 3. The Morgan fingerprint density at radius 1 is 1.08 bits per heavy atom. The minimum Gasteiger partial charge on any atom is -0.491 e. The zero-order valence-electron chi connectivity index (χ0n) is 13.7. The quantitative estimate of drug-likeness (QED) is 0.647. The molecule has 136 valence electrons. The van der Waals surface area contributed by atoms with E-state index in [0.29, 0.717) is 6.54 Å². The Labute approximate surface area is 164 Å². The van der Waals surface area contributed by atoms with Gasteiger partial charge in [-0.3, -0.25) is 0 Å². The van der Waals surface area contributed by atoms with Crippen LogP contribution in [-0.2, 0) is 0 Å². The second-order valence-corrected chi connectivity index (χ2v) is 7.72. The maximum absolute atomic E-state index is 9.95. The number of benzene rings is 2. The van der Waals surface area contributed by atoms with Gasteiger partial charge in [-0.05, 0) is 29.7 Å². The SMILES string of the molecule is Cl.OC(CNCC1CC1(Cl)Cl)COc1ccc(-c2ccccc2)cc1. The van der Waals surface area contributed by atoms with E-state index in [2.05, 4.69) is 17.4 Å². The number of alkyl halides is 2. The summed E-state index contributed by atoms with van der Waals surface area (Å²) in [6.07, 6.45) is 0.237. The first-order valence-electron chi connectivity index (χ1n) is 8.09. The van der Waals surface area contributed by atoms with E-state index in [-0.39, 0.29) is 24.9 Å². The Hall–Kier alpha value is -0.970. The predicted octanol–water partition coefficient (Wildman–Crippen LogP) is 4.30. The number of hydrogen-bond donors (Lipinski definition) is 2. The van der Waals surface area contributed by atoms with Gasteiger partial charge in [0.25, 0.3) is 0 Å². The summed E-state index contributed by atoms with van der Waals surface area (Å²) in [5, 5.41) is 13.1. The van der Waals surface area contributed by atoms with Gasteiger partial charge < -0.3 is 15.2 Å². The molecular weight excluding hydrogens is 381 g/mol. The number of hydrogen-bond acceptors (Lipinski definition) is 3. The number of nitrogens with one attached hydrogen (secondary N) is 1. The molecule has 6 heteroatoms. The van der Waals surface area contributed by atoms with Crippen LogP contribution in [0.1, 0.15) is 6.42 Å². The van der Waals surface area contributed by atoms with Crippen LogP contribution in [-0.4, -0.2) is 35.2 Å². The molecule has 0 heterocycles. The molecule has 1 fully saturated rings. The maximum Gasteiger partial charge on any atom is 0.122 e. The third-order valence-corrected chi connectivity index (χ3v) is 5.06. The van der Waals surface area contributed by atoms with E-state index in [1.807, 2.05) is 42.5 Å². The summed E-state index contributed by atoms with van der Waals surface area (Å²) in [4.78, 5) is 0. The first-order valence-corrected chi connectivity index (χ1v) is 8.85. The van der Waals surface area contributed by atoms with E-state index in [1.165, 1.54) is 5.56 Å². The van der Waals surface area contributed by atoms with Crippen LogP contribution < -0.4 is 10.1 Å². The van der Waals surface area contributed by atoms with Gasteiger partial charge >= 0.3 is 0 Å². The monoisotopic (exact) mass is 401 g/mol. The molecule has 3 rings (SSSR count). The third kappa shape index (κ3) is 6.05. The number of aliphatic hydroxyl groups excluding tert-OH is 1. The van der Waals surface area contributed by atoms with E-state index in [0.717, 1.165) is 24.3 Å². The fraction of sp³-hybridized carbons (Fsp3) is 0.368. The molecule has 3 nitrogen and oxygen atoms in total. The molecule has 0 radical (unpaired) electrons. The van der Waals surface area contributed by atoms with Gasteiger partial charge in [0.15, 0.2) is 0 Å². The second kappa shape index (κ2) is 9.11. The van der Waals surface area contributed by atoms with Crippen LogP contribution in [0.15, 0.2) is 54.6 Å². The number of aliphatic hydroxyl groups is 1. The van der Waals surface area contributed by atoms with Crippen molar-refractivity contribution in [2.75, 3.05) is 19.7 Å². The number of rotatable bonds is 8. The van der Waals surface area contributed by atoms with Crippen LogP contribution in [0.25, 0.3) is 11.1 Å². The molecule has 2 aromatic carbocycles. The zero-order valence-corrected chi connectivity index (χ0v) is 16.0. The summed E-state index contributed by atoms with van der Waals surface area (Å²) in [5.41, 5.74) is 2.31. The van der Waals surface area contributed by atoms with Crippen LogP contribution in [0, 0.1) is 5.92 Å². The van der Waals surface area contributed by atoms with Gasteiger partial charge in [0, 0.05) is 19.0 Å². The van der Waals surface area contributed by atoms with Crippen LogP contribution in [0.4, 0.5) is 0 Å². The van der Waals surface area contributed by atoms with Gasteiger partial charge in [0.2, 0.25) is 0 Å². The Morgan fingerprint density at radius 2 is 1.68 bits per heavy atom. The van der Waals surface area contributed by atoms with Crippen LogP contribution in [0.2, 0.25) is 0 Å². The maximum atomic E-state index is 9.95. The molecular formula is C19H22Cl3NO2. The second-order valence-electron chi connectivity index (χ2n) is 6.18. The van der Waals surface area contributed by atoms with Gasteiger partial charge in [0.05, 0.1) is 0 Å². The molecule has 0 aromatic heterocycles. The molecule has 2 atom stereocenters. The van der Waals surface area contributed by atoms with Gasteiger partial charge in [-0.15, -0.1) is 35.6 Å². The average molecular weight is 403 g/mol. The summed E-state index contributed by atoms with van der Waals surface area (Å²) >= 11 is 11.9. The van der Waals surface area contributed by atoms with Crippen molar-refractivity contribution < 1.29 is 9.84 Å². The topological polar surface area (TPSA) is 41.5 Å². The van der Waals surface area contributed by atoms with Crippen molar-refractivity contribution in [2.45, 2.75) is 16.9 Å². The molecule has 25 heavy (non-hydrogen) atoms. The molecule has 0 amide bonds. The predicted molar refractivity (Wildman–Crippen MR) is 106 cm³/mol. The minimum atomic E-state index is -0.574. The minimum absolute atomic E-state index is 0. The molecule has 2 unspecified atom stereocenters. The molecule has 0 bridgehead atoms. The smallest absolute Gasteiger partial charge is 0.122 e. The van der Waals surface area contributed by atoms with E-state index < -0.39 is 10.4 Å². The van der Waals surface area contributed by atoms with E-state index in [4.69, 9.17) is 27.9 Å². The van der Waals surface area contributed by atoms with E-state index in [9.17, 15) is 5.11 Å². The zero-order chi connectivity index (χ0) is 17.0. The van der Waals surface area contributed by atoms with Crippen molar-refractivity contribution in [1.82, 2.24) is 5.32 Å². The Morgan fingerprint density at radius 3 is 2.28 bits per heavy atom. The first kappa shape index (κ1) is 20.3. The molecule has 2 aromatic rings. The fourth-order valence-corrected chi connectivity index (χ4v) is 3.07. The van der Waals surface area contributed by atoms with Crippen LogP contribution in [0.3, 0.4) is 0 Å². The lowest BCUT2D eigenvalue weighted by atomic mass is 10.1. The molecule has 2 N–H and O–H groups in total. The van der Waals surface area contributed by atoms with E-state index in [1.54, 1.807) is 0 Å². The normalized spacial score (nSPS) is 18.9. The summed E-state index contributed by atoms with van der Waals surface area (Å²) in [6.45, 7) is 1.42. The highest BCUT2D eigenvalue weighted by molar-refractivity contribution is 6.50. The molecule has 0 saturated heterocycles. The van der Waals surface area contributed by atoms with Gasteiger partial charge in [-0.1, -0.05) is 42.5 Å². The average Bonchev–Trinajstić information content (AvgIpc) is 3.21. The van der Waals surface area contributed by atoms with Crippen molar-refractivity contribution in [3.05, 3.63) is 54.6 Å². The lowest BCUT2D eigenvalue weighted by Gasteiger charge is -2.13. The largest absolute Gasteiger partial charge is 0.491 e. The van der Waals surface area contributed by atoms with Crippen LogP contribution >= 0.6 is 35.6 Å². The molecule has 1 saturated carbocycles. The van der Waals surface area contributed by atoms with Crippen molar-refractivity contribution in [3.8, 4) is 16.9 Å². The summed E-state index contributed by atoms with van der Waals surface area (Å²) in [5.74, 6) is 1.02. The third-order valence-electron chi connectivity index (χ3n) is 4.13. The first-order chi connectivity index (χ1) is 11.5. The lowest BCUT2D eigenvalue weighted by Crippen LogP contribution is -2.33. The summed E-state index contributed by atoms with van der Waals surface area (Å²) in [6, 6.07) is 18.0. The molecule has 0 aliphatic heterocycles. The molecule has 0 spiro atoms. The van der Waals surface area contributed by atoms with Crippen molar-refractivity contribution in [3.63, 3.8) is 0 Å². The highest BCUT2D eigenvalue weighted by atomic mass is 35.5. The number of ether oxygens (including phenoxy) is 1. The van der Waals surface area contributed by atoms with Crippen molar-refractivity contribution in [1.29, 1.82) is 0 Å². The highest BCUT2D eigenvalue weighted by Gasteiger charge is 2.50. The Balaban J connectivity index is 0.00000225. The van der Waals surface area contributed by atoms with E-state index >= 15 is 0 Å².